The van der Waals surface area contributed by atoms with E-state index in [0.717, 1.165) is 101 Å². The number of carbonyl (C=O) groups excluding carboxylic acids is 4. The summed E-state index contributed by atoms with van der Waals surface area (Å²) in [5.41, 5.74) is 4.59. The standard InChI is InChI=1S/C47H53ClFN11O6S/c1-67(65,66)59-19-13-30-5-2-6-38(42(30)59)52-43-36(48)26-50-47(54-43)51-31-7-10-39(37(49)24-31)57-17-14-32(15-18-57)56-22-20-55(21-23-56)16-3-4-29-27-58(28-29)33-8-9-34-35(25-33)46(64)60(45(34)63)40-11-12-41(61)53-44(40)62/h2,5-10,24-26,29,32,40H,3-4,11-23,27-28H2,1H3,(H,53,61,62)(H2,50,51,52,54). The molecule has 0 spiro atoms. The molecule has 0 bridgehead atoms. The van der Waals surface area contributed by atoms with Crippen molar-refractivity contribution in [2.45, 2.75) is 57.0 Å². The second kappa shape index (κ2) is 18.3. The van der Waals surface area contributed by atoms with Crippen LogP contribution >= 0.6 is 11.6 Å². The highest BCUT2D eigenvalue weighted by Gasteiger charge is 2.45. The van der Waals surface area contributed by atoms with Crippen LogP contribution in [0.15, 0.2) is 60.8 Å². The molecule has 6 aliphatic rings. The van der Waals surface area contributed by atoms with Crippen LogP contribution < -0.4 is 30.1 Å². The molecule has 3 aromatic carbocycles. The van der Waals surface area contributed by atoms with Crippen LogP contribution in [0, 0.1) is 11.7 Å². The van der Waals surface area contributed by atoms with Crippen LogP contribution in [0.3, 0.4) is 0 Å². The lowest BCUT2D eigenvalue weighted by Crippen LogP contribution is -2.54. The summed E-state index contributed by atoms with van der Waals surface area (Å²) >= 11 is 6.47. The lowest BCUT2D eigenvalue weighted by Gasteiger charge is -2.44. The minimum absolute atomic E-state index is 0.0909. The Morgan fingerprint density at radius 1 is 0.851 bits per heavy atom. The molecule has 4 aromatic rings. The summed E-state index contributed by atoms with van der Waals surface area (Å²) in [5.74, 6) is -1.26. The molecule has 7 heterocycles. The average Bonchev–Trinajstić information content (AvgIpc) is 3.85. The highest BCUT2D eigenvalue weighted by molar-refractivity contribution is 7.92. The van der Waals surface area contributed by atoms with Crippen molar-refractivity contribution in [2.75, 3.05) is 96.4 Å². The number of sulfonamides is 1. The van der Waals surface area contributed by atoms with Gasteiger partial charge in [-0.2, -0.15) is 4.98 Å². The first-order chi connectivity index (χ1) is 32.3. The molecule has 1 aromatic heterocycles. The van der Waals surface area contributed by atoms with Crippen LogP contribution in [0.4, 0.5) is 44.6 Å². The van der Waals surface area contributed by atoms with Crippen LogP contribution in [-0.2, 0) is 26.0 Å². The fourth-order valence-corrected chi connectivity index (χ4v) is 11.6. The zero-order valence-electron chi connectivity index (χ0n) is 37.2. The van der Waals surface area contributed by atoms with Gasteiger partial charge in [-0.15, -0.1) is 0 Å². The largest absolute Gasteiger partial charge is 0.371 e. The zero-order chi connectivity index (χ0) is 46.6. The summed E-state index contributed by atoms with van der Waals surface area (Å²) in [6, 6.07) is 15.4. The molecule has 0 radical (unpaired) electrons. The summed E-state index contributed by atoms with van der Waals surface area (Å²) < 4.78 is 42.0. The number of halogens is 2. The Morgan fingerprint density at radius 2 is 1.63 bits per heavy atom. The minimum Gasteiger partial charge on any atom is -0.371 e. The number of amides is 4. The van der Waals surface area contributed by atoms with Crippen LogP contribution in [0.1, 0.15) is 64.8 Å². The van der Waals surface area contributed by atoms with Gasteiger partial charge in [-0.3, -0.25) is 38.6 Å². The monoisotopic (exact) mass is 953 g/mol. The Labute approximate surface area is 393 Å². The van der Waals surface area contributed by atoms with E-state index in [2.05, 4.69) is 45.5 Å². The Balaban J connectivity index is 0.647. The van der Waals surface area contributed by atoms with Crippen molar-refractivity contribution in [1.82, 2.24) is 30.0 Å². The van der Waals surface area contributed by atoms with E-state index in [-0.39, 0.29) is 35.4 Å². The number of fused-ring (bicyclic) bond motifs is 2. The molecule has 4 amide bonds. The van der Waals surface area contributed by atoms with E-state index in [0.29, 0.717) is 58.8 Å². The molecule has 0 aliphatic carbocycles. The lowest BCUT2D eigenvalue weighted by molar-refractivity contribution is -0.136. The number of carbonyl (C=O) groups is 4. The number of hydrogen-bond donors (Lipinski definition) is 3. The fraction of sp³-hybridized carbons (Fsp3) is 0.447. The number of piperidine rings is 2. The van der Waals surface area contributed by atoms with Crippen molar-refractivity contribution < 1.29 is 32.0 Å². The van der Waals surface area contributed by atoms with Crippen LogP contribution in [0.2, 0.25) is 5.02 Å². The summed E-state index contributed by atoms with van der Waals surface area (Å²) in [5, 5.41) is 8.76. The van der Waals surface area contributed by atoms with E-state index < -0.39 is 39.7 Å². The van der Waals surface area contributed by atoms with Crippen molar-refractivity contribution in [3.8, 4) is 0 Å². The van der Waals surface area contributed by atoms with Gasteiger partial charge < -0.3 is 25.3 Å². The number of rotatable bonds is 13. The van der Waals surface area contributed by atoms with Gasteiger partial charge in [0.15, 0.2) is 5.82 Å². The maximum absolute atomic E-state index is 15.7. The third-order valence-corrected chi connectivity index (χ3v) is 15.6. The third-order valence-electron chi connectivity index (χ3n) is 14.1. The first kappa shape index (κ1) is 44.9. The van der Waals surface area contributed by atoms with Crippen molar-refractivity contribution in [3.63, 3.8) is 0 Å². The van der Waals surface area contributed by atoms with Crippen molar-refractivity contribution >= 4 is 85.5 Å². The van der Waals surface area contributed by atoms with E-state index in [4.69, 9.17) is 11.6 Å². The molecule has 17 nitrogen and oxygen atoms in total. The average molecular weight is 955 g/mol. The molecule has 4 fully saturated rings. The van der Waals surface area contributed by atoms with Crippen molar-refractivity contribution in [1.29, 1.82) is 0 Å². The second-order valence-electron chi connectivity index (χ2n) is 18.4. The highest BCUT2D eigenvalue weighted by atomic mass is 35.5. The van der Waals surface area contributed by atoms with Crippen LogP contribution in [-0.4, -0.2) is 141 Å². The van der Waals surface area contributed by atoms with E-state index in [9.17, 15) is 27.6 Å². The summed E-state index contributed by atoms with van der Waals surface area (Å²) in [7, 11) is -3.48. The molecule has 1 atom stereocenters. The topological polar surface area (TPSA) is 184 Å². The Morgan fingerprint density at radius 3 is 2.37 bits per heavy atom. The zero-order valence-corrected chi connectivity index (χ0v) is 38.8. The van der Waals surface area contributed by atoms with Gasteiger partial charge in [0, 0.05) is 82.7 Å². The maximum atomic E-state index is 15.7. The van der Waals surface area contributed by atoms with Gasteiger partial charge in [-0.1, -0.05) is 23.7 Å². The number of hydrogen-bond acceptors (Lipinski definition) is 14. The molecule has 0 saturated carbocycles. The second-order valence-corrected chi connectivity index (χ2v) is 20.7. The molecule has 4 saturated heterocycles. The van der Waals surface area contributed by atoms with Crippen LogP contribution in [0.5, 0.6) is 0 Å². The fourth-order valence-electron chi connectivity index (χ4n) is 10.5. The Bertz CT molecular complexity index is 2740. The molecule has 1 unspecified atom stereocenters. The number of benzene rings is 3. The first-order valence-corrected chi connectivity index (χ1v) is 25.3. The van der Waals surface area contributed by atoms with E-state index in [1.54, 1.807) is 24.3 Å². The predicted molar refractivity (Wildman–Crippen MR) is 254 cm³/mol. The highest BCUT2D eigenvalue weighted by Crippen LogP contribution is 2.40. The summed E-state index contributed by atoms with van der Waals surface area (Å²) in [6.45, 7) is 8.83. The summed E-state index contributed by atoms with van der Waals surface area (Å²) in [4.78, 5) is 69.7. The molecule has 67 heavy (non-hydrogen) atoms. The lowest BCUT2D eigenvalue weighted by atomic mass is 9.93. The van der Waals surface area contributed by atoms with Crippen molar-refractivity contribution in [3.05, 3.63) is 88.3 Å². The minimum atomic E-state index is -3.48. The number of piperazine rings is 1. The van der Waals surface area contributed by atoms with Crippen molar-refractivity contribution in [2.24, 2.45) is 5.92 Å². The molecule has 3 N–H and O–H groups in total. The molecular formula is C47H53ClFN11O6S. The number of anilines is 7. The number of imide groups is 2. The summed E-state index contributed by atoms with van der Waals surface area (Å²) in [6.07, 6.45) is 7.61. The molecule has 10 rings (SSSR count). The van der Waals surface area contributed by atoms with Gasteiger partial charge in [0.1, 0.15) is 16.9 Å². The third kappa shape index (κ3) is 9.13. The van der Waals surface area contributed by atoms with Gasteiger partial charge in [0.05, 0.1) is 40.6 Å². The predicted octanol–water partition coefficient (Wildman–Crippen LogP) is 4.98. The van der Waals surface area contributed by atoms with Gasteiger partial charge in [0.25, 0.3) is 11.8 Å². The van der Waals surface area contributed by atoms with Gasteiger partial charge in [-0.05, 0) is 99.0 Å². The molecule has 20 heteroatoms. The van der Waals surface area contributed by atoms with E-state index in [1.807, 2.05) is 24.3 Å². The quantitative estimate of drug-likeness (QED) is 0.153. The van der Waals surface area contributed by atoms with E-state index in [1.165, 1.54) is 22.8 Å². The Hall–Kier alpha value is -5.89. The first-order valence-electron chi connectivity index (χ1n) is 23.0. The number of nitrogens with one attached hydrogen (secondary N) is 3. The van der Waals surface area contributed by atoms with Gasteiger partial charge in [0.2, 0.25) is 27.8 Å². The molecule has 6 aliphatic heterocycles. The smallest absolute Gasteiger partial charge is 0.262 e. The van der Waals surface area contributed by atoms with E-state index >= 15 is 4.39 Å². The molecular weight excluding hydrogens is 901 g/mol. The maximum Gasteiger partial charge on any atom is 0.262 e. The number of nitrogens with zero attached hydrogens (tertiary/aromatic N) is 8. The number of aromatic nitrogens is 2. The number of para-hydroxylation sites is 1. The normalized spacial score (nSPS) is 20.9. The molecule has 352 valence electrons. The van der Waals surface area contributed by atoms with Gasteiger partial charge in [-0.25, -0.2) is 17.8 Å². The van der Waals surface area contributed by atoms with Crippen LogP contribution in [0.25, 0.3) is 0 Å². The SMILES string of the molecule is CS(=O)(=O)N1CCc2cccc(Nc3nc(Nc4ccc(N5CCC(N6CCN(CCCC7CN(c8ccc9c(c8)C(=O)N(C8CCC(=O)NC8=O)C9=O)C7)CC6)CC5)c(F)c4)ncc3Cl)c21. The Kier molecular flexibility index (Phi) is 12.3. The van der Waals surface area contributed by atoms with Gasteiger partial charge >= 0.3 is 0 Å².